The first kappa shape index (κ1) is 29.0. The molecule has 0 spiro atoms. The topological polar surface area (TPSA) is 168 Å². The number of ketones is 3. The molecule has 2 unspecified atom stereocenters. The van der Waals surface area contributed by atoms with Crippen molar-refractivity contribution in [2.24, 2.45) is 17.8 Å². The Balaban J connectivity index is 1.76. The van der Waals surface area contributed by atoms with Crippen LogP contribution in [0, 0.1) is 17.8 Å². The normalized spacial score (nSPS) is 29.8. The highest BCUT2D eigenvalue weighted by Crippen LogP contribution is 2.54. The monoisotopic (exact) mass is 544 g/mol. The van der Waals surface area contributed by atoms with Crippen molar-refractivity contribution in [3.05, 3.63) is 45.3 Å². The molecule has 1 fully saturated rings. The minimum absolute atomic E-state index is 0.0474. The number of hydrogen-bond acceptors (Lipinski definition) is 10. The molecule has 0 heterocycles. The Kier molecular flexibility index (Phi) is 8.12. The van der Waals surface area contributed by atoms with Gasteiger partial charge in [-0.25, -0.2) is 0 Å². The van der Waals surface area contributed by atoms with E-state index in [-0.39, 0.29) is 42.7 Å². The lowest BCUT2D eigenvalue weighted by atomic mass is 9.58. The quantitative estimate of drug-likeness (QED) is 0.188. The molecule has 4 rings (SSSR count). The second-order valence-corrected chi connectivity index (χ2v) is 11.4. The van der Waals surface area contributed by atoms with Gasteiger partial charge in [-0.05, 0) is 43.6 Å². The van der Waals surface area contributed by atoms with Crippen LogP contribution in [0.25, 0.3) is 0 Å². The molecule has 4 aliphatic carbocycles. The first-order chi connectivity index (χ1) is 18.4. The zero-order chi connectivity index (χ0) is 28.8. The van der Waals surface area contributed by atoms with Crippen LogP contribution in [0.4, 0.5) is 0 Å². The third-order valence-electron chi connectivity index (χ3n) is 8.71. The van der Waals surface area contributed by atoms with Crippen molar-refractivity contribution in [2.45, 2.75) is 77.0 Å². The summed E-state index contributed by atoms with van der Waals surface area (Å²) < 4.78 is 0. The fraction of sp³-hybridized carbons (Fsp3) is 0.621. The molecular formula is C29H40N2O8. The van der Waals surface area contributed by atoms with Gasteiger partial charge in [0.2, 0.25) is 5.78 Å². The molecule has 39 heavy (non-hydrogen) atoms. The number of allylic oxidation sites excluding steroid dienone is 5. The summed E-state index contributed by atoms with van der Waals surface area (Å²) in [4.78, 5) is 41.6. The van der Waals surface area contributed by atoms with Crippen LogP contribution < -0.4 is 5.32 Å². The zero-order valence-electron chi connectivity index (χ0n) is 23.1. The van der Waals surface area contributed by atoms with Crippen LogP contribution in [0.15, 0.2) is 45.3 Å². The maximum atomic E-state index is 14.0. The summed E-state index contributed by atoms with van der Waals surface area (Å²) in [6.45, 7) is 3.77. The molecule has 0 bridgehead atoms. The standard InChI is InChI=1S/C29H40N2O8/c1-5-7-8-21(34)30-13-15-11-18(31(3)4)17-10-14-9-16-12-20(33)24(19(32)6-2)28(38)29(16,39)27(37)22(14)26(36)23(17)25(15)35/h14-16,21,30,33-35,37,39H,5-13H2,1-4H3/t14-,15?,16+,21?,29+/m1/s1. The van der Waals surface area contributed by atoms with E-state index in [1.807, 2.05) is 25.9 Å². The largest absolute Gasteiger partial charge is 0.511 e. The van der Waals surface area contributed by atoms with E-state index in [1.165, 1.54) is 6.92 Å². The average Bonchev–Trinajstić information content (AvgIpc) is 2.88. The Hall–Kier alpha value is -2.95. The summed E-state index contributed by atoms with van der Waals surface area (Å²) in [6.07, 6.45) is 2.21. The van der Waals surface area contributed by atoms with Gasteiger partial charge in [0, 0.05) is 56.6 Å². The van der Waals surface area contributed by atoms with Gasteiger partial charge in [0.15, 0.2) is 17.2 Å². The van der Waals surface area contributed by atoms with Crippen molar-refractivity contribution in [3.63, 3.8) is 0 Å². The van der Waals surface area contributed by atoms with Gasteiger partial charge in [-0.15, -0.1) is 0 Å². The van der Waals surface area contributed by atoms with E-state index < -0.39 is 64.0 Å². The number of carbonyl (C=O) groups is 3. The second-order valence-electron chi connectivity index (χ2n) is 11.4. The summed E-state index contributed by atoms with van der Waals surface area (Å²) in [5.74, 6) is -5.72. The van der Waals surface area contributed by atoms with Crippen molar-refractivity contribution in [3.8, 4) is 0 Å². The third kappa shape index (κ3) is 4.72. The van der Waals surface area contributed by atoms with Crippen molar-refractivity contribution < 1.29 is 39.9 Å². The Morgan fingerprint density at radius 1 is 1.13 bits per heavy atom. The van der Waals surface area contributed by atoms with Crippen LogP contribution in [0.5, 0.6) is 0 Å². The van der Waals surface area contributed by atoms with E-state index in [4.69, 9.17) is 0 Å². The number of unbranched alkanes of at least 4 members (excludes halogenated alkanes) is 1. The third-order valence-corrected chi connectivity index (χ3v) is 8.71. The van der Waals surface area contributed by atoms with E-state index >= 15 is 0 Å². The number of nitrogens with zero attached hydrogens (tertiary/aromatic N) is 1. The summed E-state index contributed by atoms with van der Waals surface area (Å²) in [5, 5.41) is 58.0. The fourth-order valence-corrected chi connectivity index (χ4v) is 6.56. The first-order valence-corrected chi connectivity index (χ1v) is 13.8. The average molecular weight is 545 g/mol. The molecule has 6 N–H and O–H groups in total. The van der Waals surface area contributed by atoms with Crippen molar-refractivity contribution in [1.29, 1.82) is 0 Å². The van der Waals surface area contributed by atoms with Gasteiger partial charge in [0.25, 0.3) is 0 Å². The van der Waals surface area contributed by atoms with Crippen molar-refractivity contribution in [1.82, 2.24) is 10.2 Å². The number of rotatable bonds is 9. The van der Waals surface area contributed by atoms with Crippen LogP contribution in [0.2, 0.25) is 0 Å². The Morgan fingerprint density at radius 3 is 2.44 bits per heavy atom. The predicted molar refractivity (Wildman–Crippen MR) is 142 cm³/mol. The summed E-state index contributed by atoms with van der Waals surface area (Å²) in [7, 11) is 3.70. The van der Waals surface area contributed by atoms with E-state index in [9.17, 15) is 39.9 Å². The highest BCUT2D eigenvalue weighted by atomic mass is 16.3. The molecule has 0 saturated heterocycles. The second kappa shape index (κ2) is 10.9. The van der Waals surface area contributed by atoms with Crippen LogP contribution in [0.1, 0.15) is 65.2 Å². The molecule has 0 aliphatic heterocycles. The van der Waals surface area contributed by atoms with Gasteiger partial charge in [-0.3, -0.25) is 19.7 Å². The van der Waals surface area contributed by atoms with Gasteiger partial charge in [0.05, 0.1) is 5.57 Å². The first-order valence-electron chi connectivity index (χ1n) is 13.8. The maximum Gasteiger partial charge on any atom is 0.209 e. The molecule has 0 aromatic heterocycles. The molecule has 0 aromatic carbocycles. The molecular weight excluding hydrogens is 504 g/mol. The van der Waals surface area contributed by atoms with Crippen LogP contribution in [-0.4, -0.2) is 80.3 Å². The van der Waals surface area contributed by atoms with Gasteiger partial charge >= 0.3 is 0 Å². The van der Waals surface area contributed by atoms with Crippen molar-refractivity contribution in [2.75, 3.05) is 20.6 Å². The molecule has 0 aromatic rings. The summed E-state index contributed by atoms with van der Waals surface area (Å²) in [5.41, 5.74) is -1.62. The van der Waals surface area contributed by atoms with E-state index in [2.05, 4.69) is 5.32 Å². The zero-order valence-corrected chi connectivity index (χ0v) is 23.1. The van der Waals surface area contributed by atoms with Crippen LogP contribution >= 0.6 is 0 Å². The molecule has 10 heteroatoms. The highest BCUT2D eigenvalue weighted by molar-refractivity contribution is 6.25. The molecule has 0 radical (unpaired) electrons. The molecule has 1 saturated carbocycles. The van der Waals surface area contributed by atoms with Gasteiger partial charge in [0.1, 0.15) is 29.1 Å². The fourth-order valence-electron chi connectivity index (χ4n) is 6.56. The summed E-state index contributed by atoms with van der Waals surface area (Å²) >= 11 is 0. The predicted octanol–water partition coefficient (Wildman–Crippen LogP) is 2.65. The minimum Gasteiger partial charge on any atom is -0.511 e. The van der Waals surface area contributed by atoms with Crippen LogP contribution in [-0.2, 0) is 14.4 Å². The lowest BCUT2D eigenvalue weighted by molar-refractivity contribution is -0.144. The number of Topliss-reactive ketones (excluding diaryl/α,β-unsaturated/α-hetero) is 3. The smallest absolute Gasteiger partial charge is 0.209 e. The lowest BCUT2D eigenvalue weighted by Gasteiger charge is -2.47. The Morgan fingerprint density at radius 2 is 1.82 bits per heavy atom. The molecule has 5 atom stereocenters. The van der Waals surface area contributed by atoms with Gasteiger partial charge in [-0.2, -0.15) is 0 Å². The molecule has 0 amide bonds. The van der Waals surface area contributed by atoms with Gasteiger partial charge < -0.3 is 30.4 Å². The Bertz CT molecular complexity index is 1210. The number of hydrogen-bond donors (Lipinski definition) is 6. The number of aliphatic hydroxyl groups is 5. The Labute approximate surface area is 228 Å². The maximum absolute atomic E-state index is 14.0. The van der Waals surface area contributed by atoms with E-state index in [0.717, 1.165) is 18.5 Å². The summed E-state index contributed by atoms with van der Waals surface area (Å²) in [6, 6.07) is 0. The number of fused-ring (bicyclic) bond motifs is 3. The molecule has 4 aliphatic rings. The number of carbonyl (C=O) groups excluding carboxylic acids is 3. The van der Waals surface area contributed by atoms with E-state index in [0.29, 0.717) is 24.8 Å². The SMILES string of the molecule is CCCCC(O)NCC1CC(N(C)C)=C2C[C@H]3C[C@H]4CC(O)=C(C(=O)CC)C(=O)[C@@]4(O)C(O)=C3C(=O)C2=C1O. The number of nitrogens with one attached hydrogen (secondary N) is 1. The van der Waals surface area contributed by atoms with Crippen molar-refractivity contribution >= 4 is 17.3 Å². The lowest BCUT2D eigenvalue weighted by Crippen LogP contribution is -2.56. The minimum atomic E-state index is -2.51. The highest BCUT2D eigenvalue weighted by Gasteiger charge is 2.60. The van der Waals surface area contributed by atoms with E-state index in [1.54, 1.807) is 0 Å². The molecule has 10 nitrogen and oxygen atoms in total. The number of aliphatic hydroxyl groups excluding tert-OH is 4. The van der Waals surface area contributed by atoms with Crippen LogP contribution in [0.3, 0.4) is 0 Å². The van der Waals surface area contributed by atoms with Gasteiger partial charge in [-0.1, -0.05) is 20.3 Å². The molecule has 214 valence electrons.